The molecule has 1 aliphatic rings. The van der Waals surface area contributed by atoms with Crippen LogP contribution < -0.4 is 10.6 Å². The molecule has 0 saturated carbocycles. The predicted octanol–water partition coefficient (Wildman–Crippen LogP) is 2.29. The molecule has 1 fully saturated rings. The minimum Gasteiger partial charge on any atom is -0.384 e. The lowest BCUT2D eigenvalue weighted by molar-refractivity contribution is 0.395. The number of anilines is 2. The molecule has 0 radical (unpaired) electrons. The lowest BCUT2D eigenvalue weighted by Crippen LogP contribution is -2.33. The minimum atomic E-state index is 0.616. The average Bonchev–Trinajstić information content (AvgIpc) is 2.29. The fourth-order valence-corrected chi connectivity index (χ4v) is 2.23. The van der Waals surface area contributed by atoms with Gasteiger partial charge in [0, 0.05) is 31.0 Å². The van der Waals surface area contributed by atoms with E-state index >= 15 is 0 Å². The number of rotatable bonds is 2. The highest BCUT2D eigenvalue weighted by molar-refractivity contribution is 5.52. The van der Waals surface area contributed by atoms with Crippen LogP contribution in [0.25, 0.3) is 0 Å². The molecule has 0 spiro atoms. The van der Waals surface area contributed by atoms with Crippen molar-refractivity contribution in [1.82, 2.24) is 4.98 Å². The molecular weight excluding hydrogens is 186 g/mol. The van der Waals surface area contributed by atoms with Gasteiger partial charge in [0.15, 0.2) is 0 Å². The third-order valence-corrected chi connectivity index (χ3v) is 3.32. The first-order valence-electron chi connectivity index (χ1n) is 5.76. The number of hydrogen-bond acceptors (Lipinski definition) is 3. The minimum absolute atomic E-state index is 0.616. The standard InChI is InChI=1S/C12H19N3/c1-2-10-4-7-15(8-5-10)11-3-6-14-12(13)9-11/h3,6,9-10H,2,4-5,7-8H2,1H3,(H2,13,14). The van der Waals surface area contributed by atoms with Gasteiger partial charge in [-0.2, -0.15) is 0 Å². The van der Waals surface area contributed by atoms with Crippen molar-refractivity contribution in [2.45, 2.75) is 26.2 Å². The Labute approximate surface area is 91.3 Å². The molecule has 15 heavy (non-hydrogen) atoms. The molecule has 1 aliphatic heterocycles. The van der Waals surface area contributed by atoms with Crippen LogP contribution in [0, 0.1) is 5.92 Å². The number of piperidine rings is 1. The van der Waals surface area contributed by atoms with E-state index in [4.69, 9.17) is 5.73 Å². The monoisotopic (exact) mass is 205 g/mol. The summed E-state index contributed by atoms with van der Waals surface area (Å²) in [5, 5.41) is 0. The lowest BCUT2D eigenvalue weighted by atomic mass is 9.94. The van der Waals surface area contributed by atoms with Crippen LogP contribution in [-0.4, -0.2) is 18.1 Å². The topological polar surface area (TPSA) is 42.2 Å². The van der Waals surface area contributed by atoms with Crippen LogP contribution >= 0.6 is 0 Å². The van der Waals surface area contributed by atoms with E-state index in [0.29, 0.717) is 5.82 Å². The molecule has 2 N–H and O–H groups in total. The van der Waals surface area contributed by atoms with Crippen LogP contribution in [0.15, 0.2) is 18.3 Å². The van der Waals surface area contributed by atoms with Crippen LogP contribution in [0.1, 0.15) is 26.2 Å². The fourth-order valence-electron chi connectivity index (χ4n) is 2.23. The summed E-state index contributed by atoms with van der Waals surface area (Å²) in [6.45, 7) is 4.59. The van der Waals surface area contributed by atoms with Crippen LogP contribution in [0.5, 0.6) is 0 Å². The second-order valence-corrected chi connectivity index (χ2v) is 4.28. The number of nitrogen functional groups attached to an aromatic ring is 1. The van der Waals surface area contributed by atoms with Gasteiger partial charge in [-0.05, 0) is 24.8 Å². The maximum absolute atomic E-state index is 5.68. The van der Waals surface area contributed by atoms with Gasteiger partial charge in [-0.3, -0.25) is 0 Å². The largest absolute Gasteiger partial charge is 0.384 e. The number of hydrogen-bond donors (Lipinski definition) is 1. The first-order chi connectivity index (χ1) is 7.29. The average molecular weight is 205 g/mol. The van der Waals surface area contributed by atoms with E-state index in [-0.39, 0.29) is 0 Å². The van der Waals surface area contributed by atoms with Crippen molar-refractivity contribution >= 4 is 11.5 Å². The van der Waals surface area contributed by atoms with Gasteiger partial charge < -0.3 is 10.6 Å². The first kappa shape index (κ1) is 10.3. The SMILES string of the molecule is CCC1CCN(c2ccnc(N)c2)CC1. The predicted molar refractivity (Wildman–Crippen MR) is 63.9 cm³/mol. The second-order valence-electron chi connectivity index (χ2n) is 4.28. The molecule has 3 nitrogen and oxygen atoms in total. The number of pyridine rings is 1. The molecule has 0 aromatic carbocycles. The summed E-state index contributed by atoms with van der Waals surface area (Å²) >= 11 is 0. The zero-order valence-electron chi connectivity index (χ0n) is 9.32. The van der Waals surface area contributed by atoms with Gasteiger partial charge in [-0.15, -0.1) is 0 Å². The molecule has 0 amide bonds. The molecule has 1 aromatic heterocycles. The fraction of sp³-hybridized carbons (Fsp3) is 0.583. The zero-order valence-corrected chi connectivity index (χ0v) is 9.32. The van der Waals surface area contributed by atoms with Crippen molar-refractivity contribution in [3.05, 3.63) is 18.3 Å². The summed E-state index contributed by atoms with van der Waals surface area (Å²) in [4.78, 5) is 6.42. The summed E-state index contributed by atoms with van der Waals surface area (Å²) in [5.74, 6) is 1.53. The molecule has 0 bridgehead atoms. The van der Waals surface area contributed by atoms with E-state index in [2.05, 4.69) is 16.8 Å². The molecule has 3 heteroatoms. The van der Waals surface area contributed by atoms with Gasteiger partial charge in [-0.1, -0.05) is 13.3 Å². The van der Waals surface area contributed by atoms with Crippen molar-refractivity contribution < 1.29 is 0 Å². The van der Waals surface area contributed by atoms with E-state index in [9.17, 15) is 0 Å². The van der Waals surface area contributed by atoms with E-state index < -0.39 is 0 Å². The number of aromatic nitrogens is 1. The summed E-state index contributed by atoms with van der Waals surface area (Å²) in [7, 11) is 0. The number of nitrogens with zero attached hydrogens (tertiary/aromatic N) is 2. The maximum Gasteiger partial charge on any atom is 0.125 e. The third kappa shape index (κ3) is 2.41. The summed E-state index contributed by atoms with van der Waals surface area (Å²) < 4.78 is 0. The number of nitrogens with two attached hydrogens (primary N) is 1. The Morgan fingerprint density at radius 2 is 2.20 bits per heavy atom. The quantitative estimate of drug-likeness (QED) is 0.805. The van der Waals surface area contributed by atoms with Crippen molar-refractivity contribution in [3.63, 3.8) is 0 Å². The van der Waals surface area contributed by atoms with Crippen molar-refractivity contribution in [2.24, 2.45) is 5.92 Å². The Morgan fingerprint density at radius 1 is 1.47 bits per heavy atom. The molecule has 1 saturated heterocycles. The summed E-state index contributed by atoms with van der Waals surface area (Å²) in [5.41, 5.74) is 6.90. The Kier molecular flexibility index (Phi) is 3.09. The van der Waals surface area contributed by atoms with Gasteiger partial charge in [-0.25, -0.2) is 4.98 Å². The van der Waals surface area contributed by atoms with Crippen molar-refractivity contribution in [1.29, 1.82) is 0 Å². The molecule has 0 atom stereocenters. The lowest BCUT2D eigenvalue weighted by Gasteiger charge is -2.33. The van der Waals surface area contributed by atoms with Gasteiger partial charge in [0.05, 0.1) is 0 Å². The van der Waals surface area contributed by atoms with E-state index in [1.54, 1.807) is 6.20 Å². The Hall–Kier alpha value is -1.25. The Balaban J connectivity index is 2.01. The highest BCUT2D eigenvalue weighted by atomic mass is 15.1. The molecule has 82 valence electrons. The van der Waals surface area contributed by atoms with Gasteiger partial charge in [0.25, 0.3) is 0 Å². The highest BCUT2D eigenvalue weighted by Gasteiger charge is 2.17. The Morgan fingerprint density at radius 3 is 2.80 bits per heavy atom. The molecule has 0 unspecified atom stereocenters. The van der Waals surface area contributed by atoms with E-state index in [1.807, 2.05) is 12.1 Å². The van der Waals surface area contributed by atoms with Gasteiger partial charge in [0.2, 0.25) is 0 Å². The normalized spacial score (nSPS) is 18.1. The molecule has 0 aliphatic carbocycles. The molecule has 2 rings (SSSR count). The molecule has 2 heterocycles. The first-order valence-corrected chi connectivity index (χ1v) is 5.76. The maximum atomic E-state index is 5.68. The Bertz CT molecular complexity index is 316. The van der Waals surface area contributed by atoms with E-state index in [0.717, 1.165) is 19.0 Å². The molecular formula is C12H19N3. The van der Waals surface area contributed by atoms with Crippen LogP contribution in [0.3, 0.4) is 0 Å². The van der Waals surface area contributed by atoms with Gasteiger partial charge in [0.1, 0.15) is 5.82 Å². The van der Waals surface area contributed by atoms with Gasteiger partial charge >= 0.3 is 0 Å². The van der Waals surface area contributed by atoms with Crippen molar-refractivity contribution in [3.8, 4) is 0 Å². The van der Waals surface area contributed by atoms with Crippen molar-refractivity contribution in [2.75, 3.05) is 23.7 Å². The highest BCUT2D eigenvalue weighted by Crippen LogP contribution is 2.25. The van der Waals surface area contributed by atoms with E-state index in [1.165, 1.54) is 24.9 Å². The van der Waals surface area contributed by atoms with Crippen LogP contribution in [-0.2, 0) is 0 Å². The summed E-state index contributed by atoms with van der Waals surface area (Å²) in [6, 6.07) is 4.01. The van der Waals surface area contributed by atoms with Crippen LogP contribution in [0.2, 0.25) is 0 Å². The third-order valence-electron chi connectivity index (χ3n) is 3.32. The summed E-state index contributed by atoms with van der Waals surface area (Å²) in [6.07, 6.45) is 5.71. The second kappa shape index (κ2) is 4.51. The molecule has 1 aromatic rings. The van der Waals surface area contributed by atoms with Crippen LogP contribution in [0.4, 0.5) is 11.5 Å². The smallest absolute Gasteiger partial charge is 0.125 e. The zero-order chi connectivity index (χ0) is 10.7.